The third-order valence-corrected chi connectivity index (χ3v) is 2.88. The van der Waals surface area contributed by atoms with Gasteiger partial charge in [0.1, 0.15) is 4.88 Å². The van der Waals surface area contributed by atoms with E-state index >= 15 is 0 Å². The lowest BCUT2D eigenvalue weighted by molar-refractivity contribution is -0.134. The van der Waals surface area contributed by atoms with Crippen molar-refractivity contribution >= 4 is 40.0 Å². The van der Waals surface area contributed by atoms with Crippen LogP contribution in [-0.4, -0.2) is 4.98 Å². The molecular weight excluding hydrogens is 302 g/mol. The Balaban J connectivity index is 3.22. The summed E-state index contributed by atoms with van der Waals surface area (Å²) < 4.78 is 36.9. The number of thiazole rings is 1. The van der Waals surface area contributed by atoms with E-state index in [9.17, 15) is 13.2 Å². The van der Waals surface area contributed by atoms with Crippen LogP contribution in [0.15, 0.2) is 6.58 Å². The van der Waals surface area contributed by atoms with Gasteiger partial charge in [0.2, 0.25) is 0 Å². The third kappa shape index (κ3) is 1.98. The summed E-state index contributed by atoms with van der Waals surface area (Å²) in [6.45, 7) is 3.26. The summed E-state index contributed by atoms with van der Waals surface area (Å²) in [4.78, 5) is 2.98. The van der Waals surface area contributed by atoms with Gasteiger partial charge >= 0.3 is 6.18 Å². The lowest BCUT2D eigenvalue weighted by Gasteiger charge is -2.01. The largest absolute Gasteiger partial charge is 0.427 e. The van der Waals surface area contributed by atoms with Crippen LogP contribution < -0.4 is 0 Å². The van der Waals surface area contributed by atoms with E-state index in [0.717, 1.165) is 6.08 Å². The molecule has 0 radical (unpaired) electrons. The van der Waals surface area contributed by atoms with Crippen molar-refractivity contribution in [3.63, 3.8) is 0 Å². The molecule has 0 amide bonds. The molecule has 0 fully saturated rings. The van der Waals surface area contributed by atoms with E-state index in [2.05, 4.69) is 11.6 Å². The standard InChI is InChI=1S/C6H3F3INS/c1-2-3-4(6(7,8)9)12-5(10)11-3/h2H,1H2. The fraction of sp³-hybridized carbons (Fsp3) is 0.167. The molecule has 12 heavy (non-hydrogen) atoms. The van der Waals surface area contributed by atoms with Crippen LogP contribution in [0.2, 0.25) is 0 Å². The summed E-state index contributed by atoms with van der Waals surface area (Å²) in [5.41, 5.74) is -0.0862. The number of hydrogen-bond donors (Lipinski definition) is 0. The molecule has 0 N–H and O–H groups in total. The molecule has 0 aliphatic rings. The van der Waals surface area contributed by atoms with Gasteiger partial charge in [-0.05, 0) is 28.7 Å². The van der Waals surface area contributed by atoms with Crippen molar-refractivity contribution in [1.82, 2.24) is 4.98 Å². The predicted octanol–water partition coefficient (Wildman–Crippen LogP) is 3.41. The molecule has 6 heteroatoms. The number of nitrogens with zero attached hydrogens (tertiary/aromatic N) is 1. The topological polar surface area (TPSA) is 12.9 Å². The molecule has 0 saturated carbocycles. The maximum atomic E-state index is 12.2. The molecule has 0 aliphatic heterocycles. The van der Waals surface area contributed by atoms with Crippen LogP contribution in [-0.2, 0) is 6.18 Å². The van der Waals surface area contributed by atoms with Gasteiger partial charge in [-0.2, -0.15) is 13.2 Å². The first-order valence-corrected chi connectivity index (χ1v) is 4.70. The van der Waals surface area contributed by atoms with Gasteiger partial charge in [-0.1, -0.05) is 6.58 Å². The first kappa shape index (κ1) is 9.97. The Hall–Kier alpha value is -0.110. The highest BCUT2D eigenvalue weighted by Crippen LogP contribution is 2.37. The van der Waals surface area contributed by atoms with E-state index < -0.39 is 11.1 Å². The molecule has 1 aromatic rings. The molecule has 0 aromatic carbocycles. The maximum absolute atomic E-state index is 12.2. The minimum atomic E-state index is -4.31. The minimum absolute atomic E-state index is 0.0862. The third-order valence-electron chi connectivity index (χ3n) is 1.08. The Morgan fingerprint density at radius 3 is 2.42 bits per heavy atom. The van der Waals surface area contributed by atoms with Gasteiger partial charge in [0, 0.05) is 0 Å². The highest BCUT2D eigenvalue weighted by Gasteiger charge is 2.35. The number of hydrogen-bond acceptors (Lipinski definition) is 2. The molecule has 66 valence electrons. The van der Waals surface area contributed by atoms with Crippen molar-refractivity contribution in [1.29, 1.82) is 0 Å². The van der Waals surface area contributed by atoms with E-state index in [1.807, 2.05) is 0 Å². The summed E-state index contributed by atoms with van der Waals surface area (Å²) >= 11 is 2.37. The van der Waals surface area contributed by atoms with Crippen LogP contribution in [0.5, 0.6) is 0 Å². The second-order valence-corrected chi connectivity index (χ2v) is 4.64. The van der Waals surface area contributed by atoms with Gasteiger partial charge in [0.25, 0.3) is 0 Å². The lowest BCUT2D eigenvalue weighted by atomic mass is 10.3. The van der Waals surface area contributed by atoms with Crippen molar-refractivity contribution in [3.05, 3.63) is 20.2 Å². The average Bonchev–Trinajstić information content (AvgIpc) is 2.29. The van der Waals surface area contributed by atoms with Gasteiger partial charge in [0.15, 0.2) is 3.01 Å². The highest BCUT2D eigenvalue weighted by atomic mass is 127. The summed E-state index contributed by atoms with van der Waals surface area (Å²) in [7, 11) is 0. The van der Waals surface area contributed by atoms with Gasteiger partial charge in [-0.3, -0.25) is 0 Å². The van der Waals surface area contributed by atoms with Gasteiger partial charge in [-0.25, -0.2) is 4.98 Å². The Kier molecular flexibility index (Phi) is 2.77. The number of halogens is 4. The number of rotatable bonds is 1. The average molecular weight is 305 g/mol. The van der Waals surface area contributed by atoms with Crippen molar-refractivity contribution in [3.8, 4) is 0 Å². The first-order valence-electron chi connectivity index (χ1n) is 2.81. The minimum Gasteiger partial charge on any atom is -0.230 e. The van der Waals surface area contributed by atoms with E-state index in [0.29, 0.717) is 14.4 Å². The lowest BCUT2D eigenvalue weighted by Crippen LogP contribution is -2.03. The van der Waals surface area contributed by atoms with Crippen LogP contribution in [0.25, 0.3) is 6.08 Å². The Morgan fingerprint density at radius 2 is 2.08 bits per heavy atom. The van der Waals surface area contributed by atoms with E-state index in [1.54, 1.807) is 22.6 Å². The first-order chi connectivity index (χ1) is 5.45. The van der Waals surface area contributed by atoms with Crippen molar-refractivity contribution in [2.45, 2.75) is 6.18 Å². The molecule has 0 spiro atoms. The summed E-state index contributed by atoms with van der Waals surface area (Å²) in [5, 5.41) is 0. The van der Waals surface area contributed by atoms with E-state index in [4.69, 9.17) is 0 Å². The number of alkyl halides is 3. The second kappa shape index (κ2) is 3.33. The van der Waals surface area contributed by atoms with Crippen LogP contribution >= 0.6 is 33.9 Å². The zero-order valence-electron chi connectivity index (χ0n) is 5.65. The SMILES string of the molecule is C=Cc1nc(I)sc1C(F)(F)F. The van der Waals surface area contributed by atoms with E-state index in [-0.39, 0.29) is 5.69 Å². The normalized spacial score (nSPS) is 11.7. The molecule has 1 rings (SSSR count). The quantitative estimate of drug-likeness (QED) is 0.725. The molecule has 0 bridgehead atoms. The summed E-state index contributed by atoms with van der Waals surface area (Å²) in [6.07, 6.45) is -3.20. The highest BCUT2D eigenvalue weighted by molar-refractivity contribution is 14.1. The van der Waals surface area contributed by atoms with E-state index in [1.165, 1.54) is 0 Å². The summed E-state index contributed by atoms with van der Waals surface area (Å²) in [6, 6.07) is 0. The van der Waals surface area contributed by atoms with Crippen LogP contribution in [0.1, 0.15) is 10.6 Å². The van der Waals surface area contributed by atoms with Crippen molar-refractivity contribution < 1.29 is 13.2 Å². The zero-order valence-corrected chi connectivity index (χ0v) is 8.63. The zero-order chi connectivity index (χ0) is 9.35. The predicted molar refractivity (Wildman–Crippen MR) is 49.9 cm³/mol. The van der Waals surface area contributed by atoms with Crippen molar-refractivity contribution in [2.24, 2.45) is 0 Å². The Bertz CT molecular complexity index is 304. The van der Waals surface area contributed by atoms with Gasteiger partial charge in [-0.15, -0.1) is 11.3 Å². The van der Waals surface area contributed by atoms with Gasteiger partial charge < -0.3 is 0 Å². The van der Waals surface area contributed by atoms with Crippen LogP contribution in [0.4, 0.5) is 13.2 Å². The smallest absolute Gasteiger partial charge is 0.230 e. The van der Waals surface area contributed by atoms with Gasteiger partial charge in [0.05, 0.1) is 5.69 Å². The van der Waals surface area contributed by atoms with Crippen molar-refractivity contribution in [2.75, 3.05) is 0 Å². The summed E-state index contributed by atoms with van der Waals surface area (Å²) in [5.74, 6) is 0. The molecule has 1 nitrogen and oxygen atoms in total. The number of aromatic nitrogens is 1. The molecule has 0 atom stereocenters. The van der Waals surface area contributed by atoms with Crippen LogP contribution in [0.3, 0.4) is 0 Å². The molecule has 1 aromatic heterocycles. The van der Waals surface area contributed by atoms with Crippen LogP contribution in [0, 0.1) is 3.01 Å². The maximum Gasteiger partial charge on any atom is 0.427 e. The molecular formula is C6H3F3INS. The fourth-order valence-electron chi connectivity index (χ4n) is 0.646. The molecule has 1 heterocycles. The molecule has 0 saturated heterocycles. The monoisotopic (exact) mass is 305 g/mol. The fourth-order valence-corrected chi connectivity index (χ4v) is 2.23. The Morgan fingerprint density at radius 1 is 1.50 bits per heavy atom. The second-order valence-electron chi connectivity index (χ2n) is 1.88. The Labute approximate surface area is 84.5 Å². The molecule has 0 unspecified atom stereocenters. The molecule has 0 aliphatic carbocycles.